The van der Waals surface area contributed by atoms with Gasteiger partial charge in [-0.05, 0) is 64.1 Å². The summed E-state index contributed by atoms with van der Waals surface area (Å²) in [4.78, 5) is 8.83. The Balaban J connectivity index is 1.76. The number of benzene rings is 3. The van der Waals surface area contributed by atoms with E-state index >= 15 is 0 Å². The second-order valence-electron chi connectivity index (χ2n) is 6.73. The van der Waals surface area contributed by atoms with Crippen LogP contribution < -0.4 is 0 Å². The molecule has 0 amide bonds. The van der Waals surface area contributed by atoms with Crippen LogP contribution in [0.15, 0.2) is 61.1 Å². The van der Waals surface area contributed by atoms with Crippen molar-refractivity contribution in [3.8, 4) is 0 Å². The number of fused-ring (bicyclic) bond motifs is 5. The summed E-state index contributed by atoms with van der Waals surface area (Å²) in [6, 6.07) is 15.2. The van der Waals surface area contributed by atoms with Gasteiger partial charge in [0.05, 0.1) is 5.69 Å². The van der Waals surface area contributed by atoms with Crippen LogP contribution in [0, 0.1) is 0 Å². The van der Waals surface area contributed by atoms with Crippen LogP contribution in [0.3, 0.4) is 0 Å². The smallest absolute Gasteiger partial charge is 0.0661 e. The Morgan fingerprint density at radius 2 is 1.80 bits per heavy atom. The molecule has 5 rings (SSSR count). The Morgan fingerprint density at radius 1 is 0.920 bits per heavy atom. The highest BCUT2D eigenvalue weighted by Gasteiger charge is 2.24. The first kappa shape index (κ1) is 14.9. The highest BCUT2D eigenvalue weighted by atomic mass is 35.5. The molecule has 0 aliphatic heterocycles. The molecule has 0 radical (unpaired) electrons. The zero-order chi connectivity index (χ0) is 16.8. The average molecular weight is 345 g/mol. The molecule has 1 unspecified atom stereocenters. The molecule has 1 atom stereocenters. The molecule has 0 saturated heterocycles. The SMILES string of the molecule is Clc1ccc2c(ccc3c4c(ccc32)C(c2cnccn2)CCC4)c1. The van der Waals surface area contributed by atoms with Crippen LogP contribution in [0.2, 0.25) is 5.02 Å². The van der Waals surface area contributed by atoms with E-state index in [4.69, 9.17) is 11.6 Å². The zero-order valence-electron chi connectivity index (χ0n) is 13.7. The molecule has 4 aromatic rings. The van der Waals surface area contributed by atoms with E-state index in [-0.39, 0.29) is 0 Å². The van der Waals surface area contributed by atoms with Crippen molar-refractivity contribution >= 4 is 33.1 Å². The van der Waals surface area contributed by atoms with Crippen LogP contribution >= 0.6 is 11.6 Å². The molecule has 0 saturated carbocycles. The molecule has 1 aliphatic rings. The molecule has 0 bridgehead atoms. The van der Waals surface area contributed by atoms with Gasteiger partial charge in [0.1, 0.15) is 0 Å². The molecule has 2 nitrogen and oxygen atoms in total. The fourth-order valence-corrected chi connectivity index (χ4v) is 4.42. The van der Waals surface area contributed by atoms with Crippen molar-refractivity contribution in [2.24, 2.45) is 0 Å². The van der Waals surface area contributed by atoms with Crippen LogP contribution in [-0.4, -0.2) is 9.97 Å². The number of aromatic nitrogens is 2. The second kappa shape index (κ2) is 5.82. The number of rotatable bonds is 1. The number of halogens is 1. The van der Waals surface area contributed by atoms with Crippen LogP contribution in [0.4, 0.5) is 0 Å². The van der Waals surface area contributed by atoms with Crippen LogP contribution in [0.25, 0.3) is 21.5 Å². The second-order valence-corrected chi connectivity index (χ2v) is 7.17. The van der Waals surface area contributed by atoms with Crippen molar-refractivity contribution in [1.29, 1.82) is 0 Å². The van der Waals surface area contributed by atoms with Gasteiger partial charge < -0.3 is 0 Å². The van der Waals surface area contributed by atoms with Crippen molar-refractivity contribution in [2.45, 2.75) is 25.2 Å². The lowest BCUT2D eigenvalue weighted by molar-refractivity contribution is 0.605. The fourth-order valence-electron chi connectivity index (χ4n) is 4.24. The van der Waals surface area contributed by atoms with Crippen LogP contribution in [0.5, 0.6) is 0 Å². The van der Waals surface area contributed by atoms with Crippen molar-refractivity contribution in [2.75, 3.05) is 0 Å². The molecule has 1 aliphatic carbocycles. The summed E-state index contributed by atoms with van der Waals surface area (Å²) in [7, 11) is 0. The quantitative estimate of drug-likeness (QED) is 0.401. The predicted octanol–water partition coefficient (Wildman–Crippen LogP) is 5.90. The van der Waals surface area contributed by atoms with E-state index in [2.05, 4.69) is 40.3 Å². The minimum absolute atomic E-state index is 0.350. The molecule has 3 heteroatoms. The van der Waals surface area contributed by atoms with E-state index in [1.807, 2.05) is 18.3 Å². The molecular weight excluding hydrogens is 328 g/mol. The minimum atomic E-state index is 0.350. The van der Waals surface area contributed by atoms with Gasteiger partial charge in [0.2, 0.25) is 0 Å². The maximum absolute atomic E-state index is 6.16. The van der Waals surface area contributed by atoms with Crippen molar-refractivity contribution < 1.29 is 0 Å². The van der Waals surface area contributed by atoms with Crippen molar-refractivity contribution in [1.82, 2.24) is 9.97 Å². The summed E-state index contributed by atoms with van der Waals surface area (Å²) >= 11 is 6.16. The Hall–Kier alpha value is -2.45. The molecule has 0 fully saturated rings. The van der Waals surface area contributed by atoms with E-state index in [0.717, 1.165) is 23.6 Å². The molecular formula is C22H17ClN2. The largest absolute Gasteiger partial charge is 0.261 e. The first-order valence-electron chi connectivity index (χ1n) is 8.71. The predicted molar refractivity (Wildman–Crippen MR) is 103 cm³/mol. The molecule has 0 N–H and O–H groups in total. The molecule has 3 aromatic carbocycles. The van der Waals surface area contributed by atoms with E-state index in [0.29, 0.717) is 5.92 Å². The Bertz CT molecular complexity index is 1090. The summed E-state index contributed by atoms with van der Waals surface area (Å²) in [5, 5.41) is 5.92. The third-order valence-electron chi connectivity index (χ3n) is 5.36. The summed E-state index contributed by atoms with van der Waals surface area (Å²) in [5.74, 6) is 0.350. The summed E-state index contributed by atoms with van der Waals surface area (Å²) in [6.45, 7) is 0. The lowest BCUT2D eigenvalue weighted by Crippen LogP contribution is -2.13. The zero-order valence-corrected chi connectivity index (χ0v) is 14.5. The summed E-state index contributed by atoms with van der Waals surface area (Å²) in [5.41, 5.74) is 3.96. The van der Waals surface area contributed by atoms with E-state index in [1.54, 1.807) is 12.4 Å². The van der Waals surface area contributed by atoms with Crippen LogP contribution in [0.1, 0.15) is 35.6 Å². The van der Waals surface area contributed by atoms with Gasteiger partial charge in [-0.25, -0.2) is 0 Å². The lowest BCUT2D eigenvalue weighted by atomic mass is 9.78. The van der Waals surface area contributed by atoms with Crippen LogP contribution in [-0.2, 0) is 6.42 Å². The standard InChI is InChI=1S/C22H17ClN2/c23-15-5-7-16-14(12-15)4-6-19-17-2-1-3-21(20(17)9-8-18(16)19)22-13-24-10-11-25-22/h4-13,21H,1-3H2. The monoisotopic (exact) mass is 344 g/mol. The van der Waals surface area contributed by atoms with Gasteiger partial charge in [-0.15, -0.1) is 0 Å². The summed E-state index contributed by atoms with van der Waals surface area (Å²) < 4.78 is 0. The molecule has 1 heterocycles. The van der Waals surface area contributed by atoms with E-state index in [9.17, 15) is 0 Å². The summed E-state index contributed by atoms with van der Waals surface area (Å²) in [6.07, 6.45) is 8.90. The Morgan fingerprint density at radius 3 is 2.68 bits per heavy atom. The number of nitrogens with zero attached hydrogens (tertiary/aromatic N) is 2. The fraction of sp³-hybridized carbons (Fsp3) is 0.182. The van der Waals surface area contributed by atoms with Gasteiger partial charge in [0, 0.05) is 29.5 Å². The highest BCUT2D eigenvalue weighted by Crippen LogP contribution is 2.40. The highest BCUT2D eigenvalue weighted by molar-refractivity contribution is 6.31. The molecule has 0 spiro atoms. The number of aryl methyl sites for hydroxylation is 1. The third-order valence-corrected chi connectivity index (χ3v) is 5.60. The van der Waals surface area contributed by atoms with Gasteiger partial charge in [-0.3, -0.25) is 9.97 Å². The van der Waals surface area contributed by atoms with Crippen molar-refractivity contribution in [3.05, 3.63) is 82.9 Å². The molecule has 1 aromatic heterocycles. The van der Waals surface area contributed by atoms with E-state index < -0.39 is 0 Å². The van der Waals surface area contributed by atoms with Gasteiger partial charge >= 0.3 is 0 Å². The maximum atomic E-state index is 6.16. The normalized spacial score (nSPS) is 16.9. The van der Waals surface area contributed by atoms with Gasteiger partial charge in [0.15, 0.2) is 0 Å². The first-order valence-corrected chi connectivity index (χ1v) is 9.09. The van der Waals surface area contributed by atoms with Gasteiger partial charge in [0.25, 0.3) is 0 Å². The third kappa shape index (κ3) is 2.40. The first-order chi connectivity index (χ1) is 12.3. The molecule has 25 heavy (non-hydrogen) atoms. The minimum Gasteiger partial charge on any atom is -0.261 e. The lowest BCUT2D eigenvalue weighted by Gasteiger charge is -2.26. The Kier molecular flexibility index (Phi) is 3.46. The van der Waals surface area contributed by atoms with Crippen molar-refractivity contribution in [3.63, 3.8) is 0 Å². The molecule has 122 valence electrons. The topological polar surface area (TPSA) is 25.8 Å². The van der Waals surface area contributed by atoms with E-state index in [1.165, 1.54) is 39.1 Å². The average Bonchev–Trinajstić information content (AvgIpc) is 2.67. The number of hydrogen-bond acceptors (Lipinski definition) is 2. The number of hydrogen-bond donors (Lipinski definition) is 0. The van der Waals surface area contributed by atoms with Gasteiger partial charge in [-0.1, -0.05) is 41.9 Å². The Labute approximate surface area is 151 Å². The maximum Gasteiger partial charge on any atom is 0.0661 e. The van der Waals surface area contributed by atoms with Gasteiger partial charge in [-0.2, -0.15) is 0 Å².